The molecule has 0 saturated carbocycles. The van der Waals surface area contributed by atoms with Crippen LogP contribution in [0.5, 0.6) is 0 Å². The molecule has 20 heavy (non-hydrogen) atoms. The van der Waals surface area contributed by atoms with Gasteiger partial charge in [-0.2, -0.15) is 0 Å². The lowest BCUT2D eigenvalue weighted by molar-refractivity contribution is 0.0562. The van der Waals surface area contributed by atoms with E-state index < -0.39 is 5.97 Å². The number of hydrogen-bond acceptors (Lipinski definition) is 4. The molecule has 0 radical (unpaired) electrons. The summed E-state index contributed by atoms with van der Waals surface area (Å²) in [5.41, 5.74) is 2.09. The molecule has 0 fully saturated rings. The summed E-state index contributed by atoms with van der Waals surface area (Å²) < 4.78 is 10.2. The van der Waals surface area contributed by atoms with Crippen LogP contribution in [0.3, 0.4) is 0 Å². The van der Waals surface area contributed by atoms with E-state index in [2.05, 4.69) is 10.1 Å². The smallest absolute Gasteiger partial charge is 0.373 e. The van der Waals surface area contributed by atoms with Crippen LogP contribution in [0.1, 0.15) is 33.5 Å². The van der Waals surface area contributed by atoms with Gasteiger partial charge in [0.2, 0.25) is 5.76 Å². The maximum Gasteiger partial charge on any atom is 0.373 e. The lowest BCUT2D eigenvalue weighted by Gasteiger charge is -2.16. The summed E-state index contributed by atoms with van der Waals surface area (Å²) in [6, 6.07) is 8.90. The zero-order valence-corrected chi connectivity index (χ0v) is 12.3. The summed E-state index contributed by atoms with van der Waals surface area (Å²) in [5, 5.41) is 3.87. The highest BCUT2D eigenvalue weighted by Crippen LogP contribution is 2.28. The van der Waals surface area contributed by atoms with E-state index in [0.717, 1.165) is 11.1 Å². The summed E-state index contributed by atoms with van der Waals surface area (Å²) in [7, 11) is 3.16. The van der Waals surface area contributed by atoms with Crippen molar-refractivity contribution >= 4 is 17.6 Å². The number of ether oxygens (including phenoxy) is 1. The Morgan fingerprint density at radius 3 is 2.70 bits per heavy atom. The number of rotatable bonds is 4. The summed E-state index contributed by atoms with van der Waals surface area (Å²) in [5.74, 6) is 0.353. The highest BCUT2D eigenvalue weighted by atomic mass is 35.5. The van der Waals surface area contributed by atoms with Crippen molar-refractivity contribution in [3.63, 3.8) is 0 Å². The van der Waals surface area contributed by atoms with Crippen molar-refractivity contribution in [2.75, 3.05) is 14.2 Å². The second kappa shape index (κ2) is 6.11. The van der Waals surface area contributed by atoms with Gasteiger partial charge in [0.15, 0.2) is 0 Å². The maximum atomic E-state index is 11.4. The molecule has 0 amide bonds. The number of carbonyl (C=O) groups is 1. The van der Waals surface area contributed by atoms with E-state index in [9.17, 15) is 4.79 Å². The Morgan fingerprint density at radius 2 is 2.10 bits per heavy atom. The van der Waals surface area contributed by atoms with Gasteiger partial charge in [-0.15, -0.1) is 0 Å². The third-order valence-electron chi connectivity index (χ3n) is 3.13. The van der Waals surface area contributed by atoms with Crippen molar-refractivity contribution in [2.45, 2.75) is 13.0 Å². The molecule has 5 heteroatoms. The number of furan rings is 1. The van der Waals surface area contributed by atoms with Gasteiger partial charge in [0, 0.05) is 5.02 Å². The molecule has 2 aromatic rings. The maximum absolute atomic E-state index is 11.4. The van der Waals surface area contributed by atoms with Crippen molar-refractivity contribution in [1.29, 1.82) is 0 Å². The number of hydrogen-bond donors (Lipinski definition) is 1. The van der Waals surface area contributed by atoms with Crippen LogP contribution in [-0.2, 0) is 4.74 Å². The fraction of sp³-hybridized carbons (Fsp3) is 0.267. The Balaban J connectivity index is 2.37. The zero-order chi connectivity index (χ0) is 14.7. The first-order valence-electron chi connectivity index (χ1n) is 6.18. The van der Waals surface area contributed by atoms with Crippen LogP contribution < -0.4 is 5.32 Å². The summed E-state index contributed by atoms with van der Waals surface area (Å²) in [4.78, 5) is 11.4. The molecule has 2 rings (SSSR count). The average molecular weight is 294 g/mol. The molecule has 0 bridgehead atoms. The second-order valence-corrected chi connectivity index (χ2v) is 4.85. The fourth-order valence-electron chi connectivity index (χ4n) is 2.13. The quantitative estimate of drug-likeness (QED) is 0.879. The molecule has 0 aliphatic carbocycles. The normalized spacial score (nSPS) is 12.2. The highest BCUT2D eigenvalue weighted by Gasteiger charge is 2.20. The zero-order valence-electron chi connectivity index (χ0n) is 11.6. The molecule has 0 saturated heterocycles. The van der Waals surface area contributed by atoms with Crippen LogP contribution in [0, 0.1) is 6.92 Å². The standard InChI is InChI=1S/C15H16ClNO3/c1-9-8-10(16)4-5-11(9)14(17-2)12-6-7-13(20-12)15(18)19-3/h4-8,14,17H,1-3H3. The van der Waals surface area contributed by atoms with Gasteiger partial charge in [-0.25, -0.2) is 4.79 Å². The van der Waals surface area contributed by atoms with Crippen LogP contribution in [0.15, 0.2) is 34.7 Å². The molecule has 0 aliphatic rings. The van der Waals surface area contributed by atoms with Crippen LogP contribution in [0.4, 0.5) is 0 Å². The number of nitrogens with one attached hydrogen (secondary N) is 1. The van der Waals surface area contributed by atoms with E-state index in [4.69, 9.17) is 16.0 Å². The summed E-state index contributed by atoms with van der Waals surface area (Å²) >= 11 is 5.97. The third kappa shape index (κ3) is 2.86. The molecule has 1 aromatic heterocycles. The van der Waals surface area contributed by atoms with Gasteiger partial charge in [0.25, 0.3) is 0 Å². The van der Waals surface area contributed by atoms with Crippen LogP contribution in [0.25, 0.3) is 0 Å². The van der Waals surface area contributed by atoms with E-state index in [0.29, 0.717) is 10.8 Å². The summed E-state index contributed by atoms with van der Waals surface area (Å²) in [6.07, 6.45) is 0. The molecule has 4 nitrogen and oxygen atoms in total. The van der Waals surface area contributed by atoms with Crippen molar-refractivity contribution < 1.29 is 13.9 Å². The molecular formula is C15H16ClNO3. The van der Waals surface area contributed by atoms with Crippen molar-refractivity contribution in [3.05, 3.63) is 58.0 Å². The molecule has 1 heterocycles. The Morgan fingerprint density at radius 1 is 1.35 bits per heavy atom. The van der Waals surface area contributed by atoms with Crippen LogP contribution in [-0.4, -0.2) is 20.1 Å². The minimum atomic E-state index is -0.487. The number of benzene rings is 1. The number of aryl methyl sites for hydroxylation is 1. The largest absolute Gasteiger partial charge is 0.463 e. The number of halogens is 1. The molecule has 1 atom stereocenters. The van der Waals surface area contributed by atoms with Gasteiger partial charge in [0.05, 0.1) is 13.2 Å². The number of methoxy groups -OCH3 is 1. The first kappa shape index (κ1) is 14.6. The van der Waals surface area contributed by atoms with Gasteiger partial charge in [-0.3, -0.25) is 0 Å². The summed E-state index contributed by atoms with van der Waals surface area (Å²) in [6.45, 7) is 1.98. The first-order valence-corrected chi connectivity index (χ1v) is 6.56. The predicted molar refractivity (Wildman–Crippen MR) is 77.1 cm³/mol. The van der Waals surface area contributed by atoms with Crippen LogP contribution in [0.2, 0.25) is 5.02 Å². The van der Waals surface area contributed by atoms with E-state index in [1.165, 1.54) is 7.11 Å². The Labute approximate surface area is 122 Å². The second-order valence-electron chi connectivity index (χ2n) is 4.42. The van der Waals surface area contributed by atoms with Crippen molar-refractivity contribution in [3.8, 4) is 0 Å². The van der Waals surface area contributed by atoms with Gasteiger partial charge in [-0.1, -0.05) is 17.7 Å². The van der Waals surface area contributed by atoms with Gasteiger partial charge in [-0.05, 0) is 49.4 Å². The molecular weight excluding hydrogens is 278 g/mol. The van der Waals surface area contributed by atoms with E-state index >= 15 is 0 Å². The molecule has 1 aromatic carbocycles. The van der Waals surface area contributed by atoms with Gasteiger partial charge in [0.1, 0.15) is 5.76 Å². The van der Waals surface area contributed by atoms with E-state index in [-0.39, 0.29) is 11.8 Å². The SMILES string of the molecule is CNC(c1ccc(C(=O)OC)o1)c1ccc(Cl)cc1C. The van der Waals surface area contributed by atoms with Gasteiger partial charge >= 0.3 is 5.97 Å². The van der Waals surface area contributed by atoms with E-state index in [1.807, 2.05) is 32.2 Å². The lowest BCUT2D eigenvalue weighted by Crippen LogP contribution is -2.18. The topological polar surface area (TPSA) is 51.5 Å². The Kier molecular flexibility index (Phi) is 4.47. The first-order chi connectivity index (χ1) is 9.56. The minimum absolute atomic E-state index is 0.148. The average Bonchev–Trinajstić information content (AvgIpc) is 2.90. The van der Waals surface area contributed by atoms with Crippen LogP contribution >= 0.6 is 11.6 Å². The fourth-order valence-corrected chi connectivity index (χ4v) is 2.36. The molecule has 106 valence electrons. The number of carbonyl (C=O) groups excluding carboxylic acids is 1. The molecule has 0 spiro atoms. The van der Waals surface area contributed by atoms with Crippen molar-refractivity contribution in [2.24, 2.45) is 0 Å². The van der Waals surface area contributed by atoms with Gasteiger partial charge < -0.3 is 14.5 Å². The molecule has 0 aliphatic heterocycles. The molecule has 1 N–H and O–H groups in total. The number of esters is 1. The monoisotopic (exact) mass is 293 g/mol. The Bertz CT molecular complexity index is 621. The minimum Gasteiger partial charge on any atom is -0.463 e. The third-order valence-corrected chi connectivity index (χ3v) is 3.36. The Hall–Kier alpha value is -1.78. The highest BCUT2D eigenvalue weighted by molar-refractivity contribution is 6.30. The van der Waals surface area contributed by atoms with Crippen molar-refractivity contribution in [1.82, 2.24) is 5.32 Å². The van der Waals surface area contributed by atoms with E-state index in [1.54, 1.807) is 12.1 Å². The lowest BCUT2D eigenvalue weighted by atomic mass is 9.99. The predicted octanol–water partition coefficient (Wildman–Crippen LogP) is 3.34. The molecule has 1 unspecified atom stereocenters.